The Morgan fingerprint density at radius 3 is 2.61 bits per heavy atom. The smallest absolute Gasteiger partial charge is 0.273 e. The van der Waals surface area contributed by atoms with Crippen molar-refractivity contribution in [3.8, 4) is 5.75 Å². The number of thiocarbonyl (C=S) groups is 1. The molecule has 5 nitrogen and oxygen atoms in total. The first-order chi connectivity index (χ1) is 11.1. The van der Waals surface area contributed by atoms with Crippen LogP contribution in [0.2, 0.25) is 5.02 Å². The minimum absolute atomic E-state index is 0.0667. The van der Waals surface area contributed by atoms with E-state index < -0.39 is 5.91 Å². The third-order valence-corrected chi connectivity index (χ3v) is 3.52. The summed E-state index contributed by atoms with van der Waals surface area (Å²) in [5.41, 5.74) is 6.24. The van der Waals surface area contributed by atoms with E-state index in [1.807, 2.05) is 30.3 Å². The maximum Gasteiger partial charge on any atom is 0.273 e. The summed E-state index contributed by atoms with van der Waals surface area (Å²) in [5.74, 6) is -0.686. The van der Waals surface area contributed by atoms with Gasteiger partial charge in [-0.1, -0.05) is 41.9 Å². The van der Waals surface area contributed by atoms with Crippen LogP contribution in [0.25, 0.3) is 0 Å². The van der Waals surface area contributed by atoms with E-state index in [1.165, 1.54) is 23.8 Å². The second-order valence-corrected chi connectivity index (χ2v) is 5.58. The molecule has 4 N–H and O–H groups in total. The van der Waals surface area contributed by atoms with Gasteiger partial charge in [0.15, 0.2) is 5.11 Å². The molecule has 23 heavy (non-hydrogen) atoms. The summed E-state index contributed by atoms with van der Waals surface area (Å²) >= 11 is 10.9. The van der Waals surface area contributed by atoms with Gasteiger partial charge in [0.2, 0.25) is 0 Å². The zero-order chi connectivity index (χ0) is 16.7. The highest BCUT2D eigenvalue weighted by Gasteiger charge is 2.11. The van der Waals surface area contributed by atoms with E-state index in [9.17, 15) is 9.90 Å². The number of phenolic OH excluding ortho intramolecular Hbond substituents is 1. The topological polar surface area (TPSA) is 73.4 Å². The van der Waals surface area contributed by atoms with Crippen LogP contribution in [0, 0.1) is 0 Å². The fourth-order valence-corrected chi connectivity index (χ4v) is 2.21. The molecule has 0 aliphatic rings. The molecule has 0 saturated heterocycles. The molecule has 0 aliphatic heterocycles. The molecule has 0 heterocycles. The Balaban J connectivity index is 1.75. The van der Waals surface area contributed by atoms with E-state index in [0.717, 1.165) is 6.42 Å². The third-order valence-electron chi connectivity index (χ3n) is 3.03. The van der Waals surface area contributed by atoms with E-state index in [1.54, 1.807) is 0 Å². The van der Waals surface area contributed by atoms with Gasteiger partial charge in [-0.05, 0) is 42.4 Å². The molecule has 2 rings (SSSR count). The molecule has 1 amide bonds. The van der Waals surface area contributed by atoms with Crippen molar-refractivity contribution in [1.82, 2.24) is 16.2 Å². The van der Waals surface area contributed by atoms with Gasteiger partial charge < -0.3 is 10.4 Å². The Kier molecular flexibility index (Phi) is 6.19. The van der Waals surface area contributed by atoms with Gasteiger partial charge in [0.25, 0.3) is 5.91 Å². The van der Waals surface area contributed by atoms with Crippen molar-refractivity contribution >= 4 is 34.8 Å². The molecule has 0 aliphatic carbocycles. The number of amides is 1. The first kappa shape index (κ1) is 17.1. The number of nitrogens with one attached hydrogen (secondary N) is 3. The number of halogens is 1. The lowest BCUT2D eigenvalue weighted by Gasteiger charge is -2.12. The molecule has 0 unspecified atom stereocenters. The lowest BCUT2D eigenvalue weighted by atomic mass is 10.1. The Morgan fingerprint density at radius 1 is 1.13 bits per heavy atom. The van der Waals surface area contributed by atoms with Crippen LogP contribution < -0.4 is 16.2 Å². The molecular formula is C16H16ClN3O2S. The first-order valence-corrected chi connectivity index (χ1v) is 7.71. The van der Waals surface area contributed by atoms with Gasteiger partial charge >= 0.3 is 0 Å². The van der Waals surface area contributed by atoms with Crippen LogP contribution in [0.5, 0.6) is 5.75 Å². The molecule has 2 aromatic carbocycles. The fourth-order valence-electron chi connectivity index (χ4n) is 1.88. The zero-order valence-electron chi connectivity index (χ0n) is 12.2. The molecule has 0 fully saturated rings. The minimum Gasteiger partial charge on any atom is -0.507 e. The summed E-state index contributed by atoms with van der Waals surface area (Å²) in [4.78, 5) is 11.9. The highest BCUT2D eigenvalue weighted by atomic mass is 35.5. The van der Waals surface area contributed by atoms with Crippen LogP contribution in [0.15, 0.2) is 48.5 Å². The Morgan fingerprint density at radius 2 is 1.87 bits per heavy atom. The molecule has 7 heteroatoms. The minimum atomic E-state index is -0.530. The summed E-state index contributed by atoms with van der Waals surface area (Å²) in [6.07, 6.45) is 0.811. The second-order valence-electron chi connectivity index (χ2n) is 4.73. The first-order valence-electron chi connectivity index (χ1n) is 6.93. The van der Waals surface area contributed by atoms with Crippen molar-refractivity contribution in [2.75, 3.05) is 6.54 Å². The van der Waals surface area contributed by atoms with Gasteiger partial charge in [-0.25, -0.2) is 0 Å². The van der Waals surface area contributed by atoms with Crippen LogP contribution in [0.4, 0.5) is 0 Å². The van der Waals surface area contributed by atoms with Crippen molar-refractivity contribution in [2.24, 2.45) is 0 Å². The normalized spacial score (nSPS) is 9.96. The van der Waals surface area contributed by atoms with E-state index in [2.05, 4.69) is 16.2 Å². The van der Waals surface area contributed by atoms with Crippen molar-refractivity contribution in [3.05, 3.63) is 64.7 Å². The molecule has 120 valence electrons. The van der Waals surface area contributed by atoms with Crippen molar-refractivity contribution in [2.45, 2.75) is 6.42 Å². The number of phenols is 1. The molecule has 0 saturated carbocycles. The van der Waals surface area contributed by atoms with E-state index in [0.29, 0.717) is 11.6 Å². The van der Waals surface area contributed by atoms with Crippen LogP contribution in [0.1, 0.15) is 15.9 Å². The molecule has 2 aromatic rings. The maximum atomic E-state index is 11.9. The van der Waals surface area contributed by atoms with Gasteiger partial charge in [-0.3, -0.25) is 15.6 Å². The number of carbonyl (C=O) groups is 1. The molecular weight excluding hydrogens is 334 g/mol. The fraction of sp³-hybridized carbons (Fsp3) is 0.125. The maximum absolute atomic E-state index is 11.9. The Bertz CT molecular complexity index is 695. The van der Waals surface area contributed by atoms with E-state index >= 15 is 0 Å². The van der Waals surface area contributed by atoms with Crippen LogP contribution >= 0.6 is 23.8 Å². The molecule has 0 bridgehead atoms. The van der Waals surface area contributed by atoms with E-state index in [-0.39, 0.29) is 16.4 Å². The summed E-state index contributed by atoms with van der Waals surface area (Å²) in [5, 5.41) is 13.3. The molecule has 0 radical (unpaired) electrons. The van der Waals surface area contributed by atoms with Gasteiger partial charge in [-0.2, -0.15) is 0 Å². The number of carbonyl (C=O) groups excluding carboxylic acids is 1. The number of rotatable bonds is 4. The summed E-state index contributed by atoms with van der Waals surface area (Å²) in [6.45, 7) is 0.633. The summed E-state index contributed by atoms with van der Waals surface area (Å²) in [6, 6.07) is 14.2. The predicted octanol–water partition coefficient (Wildman–Crippen LogP) is 2.40. The van der Waals surface area contributed by atoms with Crippen LogP contribution in [-0.2, 0) is 6.42 Å². The Hall–Kier alpha value is -2.31. The van der Waals surface area contributed by atoms with Crippen molar-refractivity contribution in [3.63, 3.8) is 0 Å². The predicted molar refractivity (Wildman–Crippen MR) is 94.5 cm³/mol. The van der Waals surface area contributed by atoms with Crippen molar-refractivity contribution < 1.29 is 9.90 Å². The third kappa shape index (κ3) is 5.43. The molecule has 0 aromatic heterocycles. The number of hydrogen-bond acceptors (Lipinski definition) is 3. The highest BCUT2D eigenvalue weighted by Crippen LogP contribution is 2.20. The average molecular weight is 350 g/mol. The zero-order valence-corrected chi connectivity index (χ0v) is 13.7. The monoisotopic (exact) mass is 349 g/mol. The van der Waals surface area contributed by atoms with Gasteiger partial charge in [0, 0.05) is 11.6 Å². The van der Waals surface area contributed by atoms with Crippen molar-refractivity contribution in [1.29, 1.82) is 0 Å². The molecule has 0 spiro atoms. The number of hydrogen-bond donors (Lipinski definition) is 4. The summed E-state index contributed by atoms with van der Waals surface area (Å²) in [7, 11) is 0. The lowest BCUT2D eigenvalue weighted by molar-refractivity contribution is 0.0941. The second kappa shape index (κ2) is 8.36. The van der Waals surface area contributed by atoms with E-state index in [4.69, 9.17) is 23.8 Å². The summed E-state index contributed by atoms with van der Waals surface area (Å²) < 4.78 is 0. The highest BCUT2D eigenvalue weighted by molar-refractivity contribution is 7.80. The molecule has 0 atom stereocenters. The quantitative estimate of drug-likeness (QED) is 0.504. The number of hydrazine groups is 1. The lowest BCUT2D eigenvalue weighted by Crippen LogP contribution is -2.47. The van der Waals surface area contributed by atoms with Gasteiger partial charge in [-0.15, -0.1) is 0 Å². The average Bonchev–Trinajstić information content (AvgIpc) is 2.56. The number of benzene rings is 2. The van der Waals surface area contributed by atoms with Gasteiger partial charge in [0.1, 0.15) is 5.75 Å². The standard InChI is InChI=1S/C16H16ClN3O2S/c17-12-6-7-14(21)13(10-12)15(22)19-20-16(23)18-9-8-11-4-2-1-3-5-11/h1-7,10,21H,8-9H2,(H,19,22)(H2,18,20,23). The van der Waals surface area contributed by atoms with Crippen LogP contribution in [-0.4, -0.2) is 22.7 Å². The Labute approximate surface area is 144 Å². The number of aromatic hydroxyl groups is 1. The van der Waals surface area contributed by atoms with Crippen LogP contribution in [0.3, 0.4) is 0 Å². The van der Waals surface area contributed by atoms with Gasteiger partial charge in [0.05, 0.1) is 5.56 Å². The largest absolute Gasteiger partial charge is 0.507 e. The SMILES string of the molecule is O=C(NNC(=S)NCCc1ccccc1)c1cc(Cl)ccc1O.